The van der Waals surface area contributed by atoms with E-state index in [-0.39, 0.29) is 11.6 Å². The zero-order valence-corrected chi connectivity index (χ0v) is 17.7. The third-order valence-electron chi connectivity index (χ3n) is 5.18. The van der Waals surface area contributed by atoms with Crippen LogP contribution in [0.15, 0.2) is 67.0 Å². The number of aromatic nitrogens is 4. The Morgan fingerprint density at radius 1 is 1.06 bits per heavy atom. The lowest BCUT2D eigenvalue weighted by molar-refractivity contribution is -0.386. The molecule has 4 aromatic rings. The number of nitrogens with zero attached hydrogens (tertiary/aromatic N) is 5. The van der Waals surface area contributed by atoms with Crippen molar-refractivity contribution in [1.29, 1.82) is 0 Å². The summed E-state index contributed by atoms with van der Waals surface area (Å²) in [4.78, 5) is 23.3. The van der Waals surface area contributed by atoms with Crippen LogP contribution in [-0.4, -0.2) is 30.4 Å². The van der Waals surface area contributed by atoms with E-state index in [9.17, 15) is 14.9 Å². The Bertz CT molecular complexity index is 1260. The van der Waals surface area contributed by atoms with E-state index in [0.29, 0.717) is 30.0 Å². The molecule has 0 unspecified atom stereocenters. The van der Waals surface area contributed by atoms with Crippen molar-refractivity contribution < 1.29 is 9.72 Å². The van der Waals surface area contributed by atoms with Crippen LogP contribution in [0.25, 0.3) is 5.69 Å². The van der Waals surface area contributed by atoms with Gasteiger partial charge in [-0.3, -0.25) is 19.6 Å². The van der Waals surface area contributed by atoms with Gasteiger partial charge in [-0.25, -0.2) is 4.68 Å². The van der Waals surface area contributed by atoms with Gasteiger partial charge in [-0.05, 0) is 43.7 Å². The molecule has 0 aliphatic carbocycles. The van der Waals surface area contributed by atoms with E-state index in [1.807, 2.05) is 48.7 Å². The van der Waals surface area contributed by atoms with Crippen molar-refractivity contribution in [1.82, 2.24) is 24.9 Å². The van der Waals surface area contributed by atoms with Gasteiger partial charge in [-0.15, -0.1) is 0 Å². The summed E-state index contributed by atoms with van der Waals surface area (Å²) < 4.78 is 3.37. The van der Waals surface area contributed by atoms with E-state index >= 15 is 0 Å². The maximum atomic E-state index is 12.5. The lowest BCUT2D eigenvalue weighted by Crippen LogP contribution is -2.22. The molecule has 1 N–H and O–H groups in total. The number of amides is 1. The van der Waals surface area contributed by atoms with Gasteiger partial charge < -0.3 is 5.32 Å². The quantitative estimate of drug-likeness (QED) is 0.356. The Hall–Kier alpha value is -4.27. The van der Waals surface area contributed by atoms with Crippen molar-refractivity contribution >= 4 is 11.6 Å². The number of aryl methyl sites for hydroxylation is 1. The highest BCUT2D eigenvalue weighted by atomic mass is 16.6. The minimum Gasteiger partial charge on any atom is -0.348 e. The van der Waals surface area contributed by atoms with Crippen molar-refractivity contribution in [2.45, 2.75) is 26.9 Å². The number of para-hydroxylation sites is 1. The predicted octanol–water partition coefficient (Wildman–Crippen LogP) is 3.57. The molecule has 0 radical (unpaired) electrons. The first kappa shape index (κ1) is 21.0. The first-order valence-corrected chi connectivity index (χ1v) is 10.1. The van der Waals surface area contributed by atoms with Crippen LogP contribution in [0.2, 0.25) is 0 Å². The van der Waals surface area contributed by atoms with Gasteiger partial charge >= 0.3 is 5.69 Å². The molecule has 4 rings (SSSR count). The molecule has 2 heterocycles. The Kier molecular flexibility index (Phi) is 5.80. The van der Waals surface area contributed by atoms with Gasteiger partial charge in [0.2, 0.25) is 0 Å². The van der Waals surface area contributed by atoms with Crippen LogP contribution in [0.3, 0.4) is 0 Å². The van der Waals surface area contributed by atoms with E-state index in [4.69, 9.17) is 0 Å². The van der Waals surface area contributed by atoms with Gasteiger partial charge in [-0.2, -0.15) is 10.2 Å². The molecule has 0 aliphatic rings. The van der Waals surface area contributed by atoms with Crippen LogP contribution in [0.5, 0.6) is 0 Å². The van der Waals surface area contributed by atoms with Crippen molar-refractivity contribution in [2.75, 3.05) is 0 Å². The van der Waals surface area contributed by atoms with E-state index < -0.39 is 4.92 Å². The Morgan fingerprint density at radius 3 is 2.44 bits per heavy atom. The molecule has 0 aliphatic heterocycles. The lowest BCUT2D eigenvalue weighted by Gasteiger charge is -2.07. The molecule has 0 saturated heterocycles. The summed E-state index contributed by atoms with van der Waals surface area (Å²) in [7, 11) is 0. The molecule has 2 aromatic heterocycles. The summed E-state index contributed by atoms with van der Waals surface area (Å²) in [6.45, 7) is 4.06. The Labute approximate surface area is 184 Å². The number of carbonyl (C=O) groups excluding carboxylic acids is 1. The fourth-order valence-corrected chi connectivity index (χ4v) is 3.50. The fourth-order valence-electron chi connectivity index (χ4n) is 3.50. The van der Waals surface area contributed by atoms with Gasteiger partial charge in [0.1, 0.15) is 11.4 Å². The molecule has 9 nitrogen and oxygen atoms in total. The molecular weight excluding hydrogens is 408 g/mol. The number of carbonyl (C=O) groups is 1. The highest BCUT2D eigenvalue weighted by molar-refractivity contribution is 5.94. The van der Waals surface area contributed by atoms with E-state index in [2.05, 4.69) is 15.5 Å². The van der Waals surface area contributed by atoms with Crippen molar-refractivity contribution in [3.63, 3.8) is 0 Å². The van der Waals surface area contributed by atoms with Crippen molar-refractivity contribution in [3.05, 3.63) is 105 Å². The fraction of sp³-hybridized carbons (Fsp3) is 0.174. The molecule has 0 bridgehead atoms. The predicted molar refractivity (Wildman–Crippen MR) is 119 cm³/mol. The minimum atomic E-state index is -0.412. The molecule has 0 fully saturated rings. The smallest absolute Gasteiger partial charge is 0.312 e. The molecule has 1 amide bonds. The first-order valence-electron chi connectivity index (χ1n) is 10.1. The van der Waals surface area contributed by atoms with E-state index in [0.717, 1.165) is 16.8 Å². The number of rotatable bonds is 7. The molecule has 0 saturated carbocycles. The van der Waals surface area contributed by atoms with Crippen LogP contribution >= 0.6 is 0 Å². The molecule has 9 heteroatoms. The number of hydrogen-bond donors (Lipinski definition) is 1. The van der Waals surface area contributed by atoms with Crippen LogP contribution in [0, 0.1) is 24.0 Å². The molecule has 2 aromatic carbocycles. The maximum absolute atomic E-state index is 12.5. The molecule has 162 valence electrons. The van der Waals surface area contributed by atoms with Gasteiger partial charge in [0, 0.05) is 23.9 Å². The first-order chi connectivity index (χ1) is 15.4. The second-order valence-electron chi connectivity index (χ2n) is 7.44. The summed E-state index contributed by atoms with van der Waals surface area (Å²) in [5, 5.41) is 22.7. The van der Waals surface area contributed by atoms with Gasteiger partial charge in [-0.1, -0.05) is 30.3 Å². The zero-order valence-electron chi connectivity index (χ0n) is 17.7. The van der Waals surface area contributed by atoms with Gasteiger partial charge in [0.15, 0.2) is 0 Å². The zero-order chi connectivity index (χ0) is 22.7. The average molecular weight is 430 g/mol. The summed E-state index contributed by atoms with van der Waals surface area (Å²) in [5.74, 6) is -0.189. The third-order valence-corrected chi connectivity index (χ3v) is 5.18. The normalized spacial score (nSPS) is 10.8. The van der Waals surface area contributed by atoms with Crippen molar-refractivity contribution in [3.8, 4) is 5.69 Å². The molecule has 32 heavy (non-hydrogen) atoms. The number of nitrogens with one attached hydrogen (secondary N) is 1. The Morgan fingerprint density at radius 2 is 1.78 bits per heavy atom. The lowest BCUT2D eigenvalue weighted by atomic mass is 10.1. The average Bonchev–Trinajstić information content (AvgIpc) is 3.37. The second kappa shape index (κ2) is 8.84. The number of hydrogen-bond acceptors (Lipinski definition) is 5. The largest absolute Gasteiger partial charge is 0.348 e. The second-order valence-corrected chi connectivity index (χ2v) is 7.44. The van der Waals surface area contributed by atoms with E-state index in [1.165, 1.54) is 0 Å². The maximum Gasteiger partial charge on any atom is 0.312 e. The topological polar surface area (TPSA) is 108 Å². The van der Waals surface area contributed by atoms with Crippen molar-refractivity contribution in [2.24, 2.45) is 0 Å². The highest BCUT2D eigenvalue weighted by Gasteiger charge is 2.21. The third kappa shape index (κ3) is 4.41. The Balaban J connectivity index is 1.37. The van der Waals surface area contributed by atoms with Crippen LogP contribution in [0.1, 0.15) is 32.9 Å². The van der Waals surface area contributed by atoms with Crippen LogP contribution < -0.4 is 5.32 Å². The summed E-state index contributed by atoms with van der Waals surface area (Å²) in [6.07, 6.45) is 3.61. The minimum absolute atomic E-state index is 0.0385. The summed E-state index contributed by atoms with van der Waals surface area (Å²) >= 11 is 0. The van der Waals surface area contributed by atoms with Crippen LogP contribution in [0.4, 0.5) is 5.69 Å². The van der Waals surface area contributed by atoms with Crippen LogP contribution in [-0.2, 0) is 13.1 Å². The van der Waals surface area contributed by atoms with Gasteiger partial charge in [0.05, 0.1) is 23.4 Å². The van der Waals surface area contributed by atoms with Gasteiger partial charge in [0.25, 0.3) is 5.91 Å². The molecule has 0 atom stereocenters. The molecular formula is C23H22N6O3. The SMILES string of the molecule is Cc1nn(Cc2ccc(C(=O)NCc3cnn(-c4ccccc4)c3)cc2)c(C)c1[N+](=O)[O-]. The monoisotopic (exact) mass is 430 g/mol. The standard InChI is InChI=1S/C23H22N6O3/c1-16-22(29(31)32)17(2)27(26-16)14-18-8-10-20(11-9-18)23(30)24-12-19-13-25-28(15-19)21-6-4-3-5-7-21/h3-11,13,15H,12,14H2,1-2H3,(H,24,30). The summed E-state index contributed by atoms with van der Waals surface area (Å²) in [5.41, 5.74) is 4.20. The number of benzene rings is 2. The molecule has 0 spiro atoms. The highest BCUT2D eigenvalue weighted by Crippen LogP contribution is 2.22. The number of nitro groups is 1. The van der Waals surface area contributed by atoms with E-state index in [1.54, 1.807) is 41.5 Å². The summed E-state index contributed by atoms with van der Waals surface area (Å²) in [6, 6.07) is 16.9.